The smallest absolute Gasteiger partial charge is 0.462 e. The van der Waals surface area contributed by atoms with Gasteiger partial charge in [0.2, 0.25) is 0 Å². The summed E-state index contributed by atoms with van der Waals surface area (Å²) in [5, 5.41) is 0. The summed E-state index contributed by atoms with van der Waals surface area (Å²) in [6.45, 7) is 10.5. The molecule has 7 heteroatoms. The molecule has 0 amide bonds. The van der Waals surface area contributed by atoms with Gasteiger partial charge in [0.15, 0.2) is 0 Å². The highest BCUT2D eigenvalue weighted by Gasteiger charge is 2.47. The molecule has 0 aliphatic carbocycles. The van der Waals surface area contributed by atoms with Gasteiger partial charge in [-0.3, -0.25) is 0 Å². The summed E-state index contributed by atoms with van der Waals surface area (Å²) in [6.07, 6.45) is 1.54. The Balaban J connectivity index is 4.54. The summed E-state index contributed by atoms with van der Waals surface area (Å²) in [4.78, 5) is 11.0. The maximum Gasteiger partial charge on any atom is 0.518 e. The second-order valence-corrected chi connectivity index (χ2v) is 6.48. The van der Waals surface area contributed by atoms with Crippen LogP contribution in [0.15, 0.2) is 12.7 Å². The van der Waals surface area contributed by atoms with E-state index in [4.69, 9.17) is 23.7 Å². The number of ether oxygens (including phenoxy) is 1. The van der Waals surface area contributed by atoms with Crippen molar-refractivity contribution in [3.8, 4) is 0 Å². The lowest BCUT2D eigenvalue weighted by molar-refractivity contribution is -0.137. The van der Waals surface area contributed by atoms with Gasteiger partial charge in [-0.2, -0.15) is 0 Å². The van der Waals surface area contributed by atoms with E-state index in [1.54, 1.807) is 0 Å². The van der Waals surface area contributed by atoms with E-state index in [-0.39, 0.29) is 6.61 Å². The lowest BCUT2D eigenvalue weighted by Crippen LogP contribution is -2.60. The summed E-state index contributed by atoms with van der Waals surface area (Å²) in [7, 11) is -2.92. The first-order valence-corrected chi connectivity index (χ1v) is 8.33. The third-order valence-electron chi connectivity index (χ3n) is 2.33. The van der Waals surface area contributed by atoms with E-state index in [2.05, 4.69) is 6.58 Å². The van der Waals surface area contributed by atoms with Crippen molar-refractivity contribution >= 4 is 14.8 Å². The van der Waals surface area contributed by atoms with Gasteiger partial charge in [0.25, 0.3) is 0 Å². The van der Waals surface area contributed by atoms with Gasteiger partial charge in [-0.15, -0.1) is 0 Å². The zero-order chi connectivity index (χ0) is 14.7. The molecular weight excluding hydrogens is 266 g/mol. The molecule has 0 aromatic carbocycles. The molecule has 0 rings (SSSR count). The molecule has 0 fully saturated rings. The summed E-state index contributed by atoms with van der Waals surface area (Å²) in [5.41, 5.74) is 5.68. The van der Waals surface area contributed by atoms with Gasteiger partial charge in [0.05, 0.1) is 12.3 Å². The molecule has 0 spiro atoms. The van der Waals surface area contributed by atoms with Crippen LogP contribution in [0.5, 0.6) is 0 Å². The van der Waals surface area contributed by atoms with Gasteiger partial charge in [0.1, 0.15) is 0 Å². The molecule has 0 saturated heterocycles. The molecule has 0 radical (unpaired) electrons. The number of nitrogens with two attached hydrogens (primary N) is 1. The lowest BCUT2D eigenvalue weighted by Gasteiger charge is -2.33. The van der Waals surface area contributed by atoms with E-state index < -0.39 is 20.4 Å². The Labute approximate surface area is 116 Å². The maximum atomic E-state index is 11.0. The summed E-state index contributed by atoms with van der Waals surface area (Å²) in [6, 6.07) is 0. The normalized spacial score (nSPS) is 13.1. The molecule has 0 heterocycles. The van der Waals surface area contributed by atoms with Crippen molar-refractivity contribution < 1.29 is 22.8 Å². The number of carbonyl (C=O) groups excluding carboxylic acids is 1. The standard InChI is InChI=1S/C12H25NO5Si/c1-5-12(14)15-10-9-11(13)19(16-6-2,17-7-3)18-8-4/h5,11H,1,6-10,13H2,2-4H3. The summed E-state index contributed by atoms with van der Waals surface area (Å²) in [5.74, 6) is -0.469. The molecule has 6 nitrogen and oxygen atoms in total. The number of carbonyl (C=O) groups is 1. The molecule has 0 bridgehead atoms. The van der Waals surface area contributed by atoms with E-state index in [0.29, 0.717) is 26.2 Å². The lowest BCUT2D eigenvalue weighted by atomic mass is 10.4. The molecule has 1 unspecified atom stereocenters. The Morgan fingerprint density at radius 2 is 1.68 bits per heavy atom. The molecular formula is C12H25NO5Si. The fourth-order valence-corrected chi connectivity index (χ4v) is 4.14. The van der Waals surface area contributed by atoms with Crippen LogP contribution in [0, 0.1) is 0 Å². The first kappa shape index (κ1) is 18.3. The number of hydrogen-bond acceptors (Lipinski definition) is 6. The fourth-order valence-electron chi connectivity index (χ4n) is 1.57. The SMILES string of the molecule is C=CC(=O)OCCC(N)[Si](OCC)(OCC)OCC. The van der Waals surface area contributed by atoms with Crippen LogP contribution in [0.25, 0.3) is 0 Å². The van der Waals surface area contributed by atoms with Crippen molar-refractivity contribution in [1.29, 1.82) is 0 Å². The average Bonchev–Trinajstić information content (AvgIpc) is 2.39. The van der Waals surface area contributed by atoms with Crippen molar-refractivity contribution in [1.82, 2.24) is 0 Å². The van der Waals surface area contributed by atoms with Crippen LogP contribution >= 0.6 is 0 Å². The third-order valence-corrected chi connectivity index (χ3v) is 5.60. The molecule has 112 valence electrons. The van der Waals surface area contributed by atoms with Gasteiger partial charge in [-0.05, 0) is 20.8 Å². The number of rotatable bonds is 11. The van der Waals surface area contributed by atoms with E-state index in [1.165, 1.54) is 0 Å². The minimum atomic E-state index is -2.92. The minimum absolute atomic E-state index is 0.188. The van der Waals surface area contributed by atoms with Crippen LogP contribution in [0.1, 0.15) is 27.2 Å². The van der Waals surface area contributed by atoms with E-state index in [0.717, 1.165) is 6.08 Å². The van der Waals surface area contributed by atoms with Crippen LogP contribution in [-0.4, -0.2) is 46.9 Å². The zero-order valence-electron chi connectivity index (χ0n) is 12.0. The largest absolute Gasteiger partial charge is 0.518 e. The Morgan fingerprint density at radius 3 is 2.05 bits per heavy atom. The van der Waals surface area contributed by atoms with E-state index in [9.17, 15) is 4.79 Å². The van der Waals surface area contributed by atoms with Crippen LogP contribution in [-0.2, 0) is 22.8 Å². The van der Waals surface area contributed by atoms with Crippen LogP contribution in [0.4, 0.5) is 0 Å². The first-order valence-electron chi connectivity index (χ1n) is 6.52. The molecule has 0 saturated carbocycles. The van der Waals surface area contributed by atoms with Gasteiger partial charge in [0, 0.05) is 32.3 Å². The zero-order valence-corrected chi connectivity index (χ0v) is 13.0. The van der Waals surface area contributed by atoms with Crippen LogP contribution in [0.2, 0.25) is 0 Å². The van der Waals surface area contributed by atoms with E-state index in [1.807, 2.05) is 20.8 Å². The maximum absolute atomic E-state index is 11.0. The molecule has 0 aromatic heterocycles. The quantitative estimate of drug-likeness (QED) is 0.348. The average molecular weight is 291 g/mol. The monoisotopic (exact) mass is 291 g/mol. The summed E-state index contributed by atoms with van der Waals surface area (Å²) < 4.78 is 21.9. The van der Waals surface area contributed by atoms with Gasteiger partial charge < -0.3 is 23.7 Å². The topological polar surface area (TPSA) is 80.0 Å². The Hall–Kier alpha value is -0.733. The van der Waals surface area contributed by atoms with Crippen molar-refractivity contribution in [2.45, 2.75) is 32.9 Å². The van der Waals surface area contributed by atoms with Gasteiger partial charge in [-0.1, -0.05) is 6.58 Å². The van der Waals surface area contributed by atoms with Crippen molar-refractivity contribution in [2.75, 3.05) is 26.4 Å². The Morgan fingerprint density at radius 1 is 1.21 bits per heavy atom. The van der Waals surface area contributed by atoms with Crippen molar-refractivity contribution in [3.05, 3.63) is 12.7 Å². The first-order chi connectivity index (χ1) is 9.06. The highest BCUT2D eigenvalue weighted by atomic mass is 28.4. The summed E-state index contributed by atoms with van der Waals surface area (Å²) >= 11 is 0. The predicted octanol–water partition coefficient (Wildman–Crippen LogP) is 1.02. The van der Waals surface area contributed by atoms with Crippen LogP contribution < -0.4 is 5.73 Å². The molecule has 2 N–H and O–H groups in total. The van der Waals surface area contributed by atoms with Crippen molar-refractivity contribution in [3.63, 3.8) is 0 Å². The molecule has 19 heavy (non-hydrogen) atoms. The highest BCUT2D eigenvalue weighted by Crippen LogP contribution is 2.16. The third kappa shape index (κ3) is 6.30. The number of esters is 1. The van der Waals surface area contributed by atoms with Gasteiger partial charge in [-0.25, -0.2) is 4.79 Å². The Bertz CT molecular complexity index is 258. The molecule has 0 aliphatic heterocycles. The van der Waals surface area contributed by atoms with Gasteiger partial charge >= 0.3 is 14.8 Å². The second-order valence-electron chi connectivity index (χ2n) is 3.67. The number of hydrogen-bond donors (Lipinski definition) is 1. The Kier molecular flexibility index (Phi) is 9.71. The fraction of sp³-hybridized carbons (Fsp3) is 0.750. The second kappa shape index (κ2) is 10.1. The van der Waals surface area contributed by atoms with Crippen molar-refractivity contribution in [2.24, 2.45) is 5.73 Å². The van der Waals surface area contributed by atoms with E-state index >= 15 is 0 Å². The minimum Gasteiger partial charge on any atom is -0.462 e. The molecule has 0 aliphatic rings. The predicted molar refractivity (Wildman–Crippen MR) is 74.4 cm³/mol. The molecule has 1 atom stereocenters. The molecule has 0 aromatic rings. The highest BCUT2D eigenvalue weighted by molar-refractivity contribution is 6.62. The van der Waals surface area contributed by atoms with Crippen LogP contribution in [0.3, 0.4) is 0 Å².